The van der Waals surface area contributed by atoms with Crippen molar-refractivity contribution in [2.45, 2.75) is 18.9 Å². The van der Waals surface area contributed by atoms with E-state index in [4.69, 9.17) is 11.6 Å². The summed E-state index contributed by atoms with van der Waals surface area (Å²) in [5.41, 5.74) is 0.244. The number of thioether (sulfide) groups is 1. The third-order valence-corrected chi connectivity index (χ3v) is 4.15. The summed E-state index contributed by atoms with van der Waals surface area (Å²) >= 11 is 7.65. The van der Waals surface area contributed by atoms with Crippen LogP contribution in [0.15, 0.2) is 18.2 Å². The van der Waals surface area contributed by atoms with Crippen molar-refractivity contribution in [3.05, 3.63) is 28.8 Å². The normalized spacial score (nSPS) is 19.9. The summed E-state index contributed by atoms with van der Waals surface area (Å²) in [6.45, 7) is 0. The molecule has 1 aromatic rings. The van der Waals surface area contributed by atoms with Crippen LogP contribution in [-0.4, -0.2) is 28.6 Å². The lowest BCUT2D eigenvalue weighted by Crippen LogP contribution is -2.38. The number of rotatable bonds is 2. The summed E-state index contributed by atoms with van der Waals surface area (Å²) < 4.78 is 0. The van der Waals surface area contributed by atoms with E-state index in [9.17, 15) is 9.90 Å². The van der Waals surface area contributed by atoms with E-state index in [2.05, 4.69) is 5.32 Å². The van der Waals surface area contributed by atoms with Crippen LogP contribution in [0.5, 0.6) is 5.75 Å². The van der Waals surface area contributed by atoms with Crippen LogP contribution in [0.2, 0.25) is 5.02 Å². The molecule has 5 heteroatoms. The number of phenolic OH excluding ortho intramolecular Hbond substituents is 1. The van der Waals surface area contributed by atoms with Crippen molar-refractivity contribution in [1.29, 1.82) is 0 Å². The first-order valence-corrected chi connectivity index (χ1v) is 7.07. The Morgan fingerprint density at radius 1 is 1.53 bits per heavy atom. The van der Waals surface area contributed by atoms with E-state index in [1.165, 1.54) is 12.1 Å². The molecule has 0 saturated carbocycles. The number of benzene rings is 1. The van der Waals surface area contributed by atoms with Gasteiger partial charge in [-0.05, 0) is 36.8 Å². The Labute approximate surface area is 110 Å². The van der Waals surface area contributed by atoms with E-state index in [0.717, 1.165) is 24.3 Å². The molecule has 1 atom stereocenters. The Kier molecular flexibility index (Phi) is 4.18. The monoisotopic (exact) mass is 271 g/mol. The van der Waals surface area contributed by atoms with Gasteiger partial charge in [-0.25, -0.2) is 0 Å². The highest BCUT2D eigenvalue weighted by Gasteiger charge is 2.18. The van der Waals surface area contributed by atoms with Crippen LogP contribution in [0.4, 0.5) is 0 Å². The largest absolute Gasteiger partial charge is 0.507 e. The first-order chi connectivity index (χ1) is 8.16. The van der Waals surface area contributed by atoms with Crippen LogP contribution in [-0.2, 0) is 0 Å². The van der Waals surface area contributed by atoms with E-state index >= 15 is 0 Å². The molecule has 3 nitrogen and oxygen atoms in total. The first kappa shape index (κ1) is 12.6. The third kappa shape index (κ3) is 3.30. The van der Waals surface area contributed by atoms with Crippen LogP contribution in [0.1, 0.15) is 23.2 Å². The van der Waals surface area contributed by atoms with Crippen LogP contribution in [0, 0.1) is 0 Å². The predicted octanol–water partition coefficient (Wildman–Crippen LogP) is 2.67. The zero-order valence-corrected chi connectivity index (χ0v) is 10.9. The quantitative estimate of drug-likeness (QED) is 0.869. The molecule has 17 heavy (non-hydrogen) atoms. The second-order valence-electron chi connectivity index (χ2n) is 4.05. The minimum atomic E-state index is -0.252. The van der Waals surface area contributed by atoms with Crippen LogP contribution < -0.4 is 5.32 Å². The van der Waals surface area contributed by atoms with Crippen LogP contribution in [0.3, 0.4) is 0 Å². The van der Waals surface area contributed by atoms with Gasteiger partial charge < -0.3 is 10.4 Å². The van der Waals surface area contributed by atoms with Gasteiger partial charge in [0, 0.05) is 16.8 Å². The molecule has 92 valence electrons. The lowest BCUT2D eigenvalue weighted by molar-refractivity contribution is 0.0936. The molecule has 0 bridgehead atoms. The summed E-state index contributed by atoms with van der Waals surface area (Å²) in [5, 5.41) is 13.0. The standard InChI is InChI=1S/C12H14ClNO2S/c13-8-3-4-11(15)10(6-8)12(16)14-9-2-1-5-17-7-9/h3-4,6,9,15H,1-2,5,7H2,(H,14,16). The van der Waals surface area contributed by atoms with Gasteiger partial charge in [0.15, 0.2) is 0 Å². The Morgan fingerprint density at radius 3 is 3.06 bits per heavy atom. The van der Waals surface area contributed by atoms with Gasteiger partial charge in [0.25, 0.3) is 5.91 Å². The van der Waals surface area contributed by atoms with Gasteiger partial charge in [0.05, 0.1) is 5.56 Å². The van der Waals surface area contributed by atoms with E-state index in [1.807, 2.05) is 11.8 Å². The fourth-order valence-corrected chi connectivity index (χ4v) is 3.05. The van der Waals surface area contributed by atoms with Crippen molar-refractivity contribution >= 4 is 29.3 Å². The zero-order chi connectivity index (χ0) is 12.3. The van der Waals surface area contributed by atoms with Crippen LogP contribution >= 0.6 is 23.4 Å². The second kappa shape index (κ2) is 5.65. The van der Waals surface area contributed by atoms with Gasteiger partial charge in [-0.3, -0.25) is 4.79 Å². The molecule has 0 spiro atoms. The summed E-state index contributed by atoms with van der Waals surface area (Å²) in [7, 11) is 0. The number of nitrogens with one attached hydrogen (secondary N) is 1. The minimum Gasteiger partial charge on any atom is -0.507 e. The maximum absolute atomic E-state index is 11.9. The van der Waals surface area contributed by atoms with Gasteiger partial charge in [-0.1, -0.05) is 11.6 Å². The van der Waals surface area contributed by atoms with Crippen molar-refractivity contribution in [1.82, 2.24) is 5.32 Å². The molecular formula is C12H14ClNO2S. The summed E-state index contributed by atoms with van der Waals surface area (Å²) in [6.07, 6.45) is 2.12. The summed E-state index contributed by atoms with van der Waals surface area (Å²) in [6, 6.07) is 4.68. The topological polar surface area (TPSA) is 49.3 Å². The Hall–Kier alpha value is -0.870. The summed E-state index contributed by atoms with van der Waals surface area (Å²) in [5.74, 6) is 1.81. The average Bonchev–Trinajstić information content (AvgIpc) is 2.33. The maximum Gasteiger partial charge on any atom is 0.255 e. The first-order valence-electron chi connectivity index (χ1n) is 5.54. The highest BCUT2D eigenvalue weighted by Crippen LogP contribution is 2.22. The molecular weight excluding hydrogens is 258 g/mol. The summed E-state index contributed by atoms with van der Waals surface area (Å²) in [4.78, 5) is 11.9. The van der Waals surface area contributed by atoms with E-state index in [1.54, 1.807) is 6.07 Å². The molecule has 1 saturated heterocycles. The Balaban J connectivity index is 2.05. The van der Waals surface area contributed by atoms with Gasteiger partial charge in [0.2, 0.25) is 0 Å². The van der Waals surface area contributed by atoms with Crippen LogP contribution in [0.25, 0.3) is 0 Å². The molecule has 2 N–H and O–H groups in total. The molecule has 1 amide bonds. The number of halogens is 1. The van der Waals surface area contributed by atoms with E-state index in [-0.39, 0.29) is 23.3 Å². The predicted molar refractivity (Wildman–Crippen MR) is 70.9 cm³/mol. The fraction of sp³-hybridized carbons (Fsp3) is 0.417. The molecule has 0 radical (unpaired) electrons. The number of aromatic hydroxyl groups is 1. The van der Waals surface area contributed by atoms with Crippen molar-refractivity contribution < 1.29 is 9.90 Å². The highest BCUT2D eigenvalue weighted by molar-refractivity contribution is 7.99. The third-order valence-electron chi connectivity index (χ3n) is 2.70. The number of carbonyl (C=O) groups excluding carboxylic acids is 1. The second-order valence-corrected chi connectivity index (χ2v) is 5.64. The molecule has 0 aromatic heterocycles. The van der Waals surface area contributed by atoms with Gasteiger partial charge in [0.1, 0.15) is 5.75 Å². The minimum absolute atomic E-state index is 0.0321. The molecule has 0 aliphatic carbocycles. The fourth-order valence-electron chi connectivity index (χ4n) is 1.81. The van der Waals surface area contributed by atoms with Gasteiger partial charge in [-0.15, -0.1) is 0 Å². The number of hydrogen-bond donors (Lipinski definition) is 2. The number of phenols is 1. The van der Waals surface area contributed by atoms with Crippen molar-refractivity contribution in [3.63, 3.8) is 0 Å². The molecule has 2 rings (SSSR count). The molecule has 1 aliphatic heterocycles. The van der Waals surface area contributed by atoms with Crippen molar-refractivity contribution in [2.75, 3.05) is 11.5 Å². The highest BCUT2D eigenvalue weighted by atomic mass is 35.5. The lowest BCUT2D eigenvalue weighted by Gasteiger charge is -2.22. The average molecular weight is 272 g/mol. The van der Waals surface area contributed by atoms with Crippen molar-refractivity contribution in [3.8, 4) is 5.75 Å². The maximum atomic E-state index is 11.9. The van der Waals surface area contributed by atoms with Gasteiger partial charge >= 0.3 is 0 Å². The smallest absolute Gasteiger partial charge is 0.255 e. The molecule has 1 fully saturated rings. The van der Waals surface area contributed by atoms with E-state index < -0.39 is 0 Å². The number of carbonyl (C=O) groups is 1. The Bertz CT molecular complexity index is 419. The van der Waals surface area contributed by atoms with Crippen molar-refractivity contribution in [2.24, 2.45) is 0 Å². The van der Waals surface area contributed by atoms with E-state index in [0.29, 0.717) is 5.02 Å². The SMILES string of the molecule is O=C(NC1CCCSC1)c1cc(Cl)ccc1O. The molecule has 1 aromatic carbocycles. The zero-order valence-electron chi connectivity index (χ0n) is 9.28. The molecule has 1 unspecified atom stereocenters. The molecule has 1 heterocycles. The Morgan fingerprint density at radius 2 is 2.35 bits per heavy atom. The number of amides is 1. The molecule has 1 aliphatic rings. The number of hydrogen-bond acceptors (Lipinski definition) is 3. The lowest BCUT2D eigenvalue weighted by atomic mass is 10.1. The van der Waals surface area contributed by atoms with Gasteiger partial charge in [-0.2, -0.15) is 11.8 Å².